The van der Waals surface area contributed by atoms with Crippen LogP contribution in [0.4, 0.5) is 0 Å². The Morgan fingerprint density at radius 3 is 2.42 bits per heavy atom. The quantitative estimate of drug-likeness (QED) is 0.133. The molecule has 3 amide bonds. The number of aromatic nitrogens is 1. The molecule has 0 saturated carbocycles. The van der Waals surface area contributed by atoms with E-state index in [9.17, 15) is 19.2 Å². The van der Waals surface area contributed by atoms with E-state index in [-0.39, 0.29) is 35.6 Å². The molecule has 0 spiro atoms. The number of benzene rings is 2. The Bertz CT molecular complexity index is 1580. The Morgan fingerprint density at radius 2 is 1.71 bits per heavy atom. The number of nitrogens with zero attached hydrogens (tertiary/aromatic N) is 1. The van der Waals surface area contributed by atoms with Crippen molar-refractivity contribution in [1.29, 1.82) is 0 Å². The molecule has 11 heteroatoms. The molecular formula is C37H49IN4O6. The number of fused-ring (bicyclic) bond motifs is 1. The SMILES string of the molecule is COC(=O)CC1CC(C)N([C@@H](Cc2c[nH]c3ccccc23)C(=O)NCC(C)(C)COCC(C)(C)CC(=O)NCc2ccc(I)cc2)C1=O. The standard InChI is InChI=1S/C37H49IN4O6/c1-24-15-26(17-33(44)47-6)35(46)42(24)31(16-27-20-39-30-10-8-7-9-29(27)30)34(45)41-21-37(4,5)23-48-22-36(2,3)18-32(43)40-19-25-11-13-28(38)14-12-25/h7-14,20,24,26,31,39H,15-19,21-23H2,1-6H3,(H,40,43)(H,41,45)/t24?,26?,31-/m0/s1. The molecule has 3 N–H and O–H groups in total. The fraction of sp³-hybridized carbons (Fsp3) is 0.514. The number of nitrogens with one attached hydrogen (secondary N) is 3. The summed E-state index contributed by atoms with van der Waals surface area (Å²) in [5.41, 5.74) is 2.15. The Hall–Kier alpha value is -3.45. The van der Waals surface area contributed by atoms with Crippen LogP contribution in [-0.2, 0) is 41.6 Å². The third kappa shape index (κ3) is 10.3. The number of halogens is 1. The second kappa shape index (κ2) is 16.3. The van der Waals surface area contributed by atoms with Gasteiger partial charge in [-0.15, -0.1) is 0 Å². The summed E-state index contributed by atoms with van der Waals surface area (Å²) in [5, 5.41) is 7.10. The van der Waals surface area contributed by atoms with E-state index < -0.39 is 23.3 Å². The predicted octanol–water partition coefficient (Wildman–Crippen LogP) is 5.38. The van der Waals surface area contributed by atoms with Crippen LogP contribution in [0.5, 0.6) is 0 Å². The minimum Gasteiger partial charge on any atom is -0.469 e. The molecule has 3 atom stereocenters. The first-order chi connectivity index (χ1) is 22.7. The highest BCUT2D eigenvalue weighted by Gasteiger charge is 2.44. The lowest BCUT2D eigenvalue weighted by molar-refractivity contribution is -0.146. The van der Waals surface area contributed by atoms with Crippen molar-refractivity contribution in [2.24, 2.45) is 16.7 Å². The van der Waals surface area contributed by atoms with E-state index in [2.05, 4.69) is 38.2 Å². The summed E-state index contributed by atoms with van der Waals surface area (Å²) in [5.74, 6) is -1.46. The lowest BCUT2D eigenvalue weighted by Gasteiger charge is -2.33. The van der Waals surface area contributed by atoms with Crippen LogP contribution in [0.3, 0.4) is 0 Å². The van der Waals surface area contributed by atoms with Gasteiger partial charge in [-0.1, -0.05) is 58.0 Å². The number of methoxy groups -OCH3 is 1. The molecule has 0 aliphatic carbocycles. The molecule has 3 aromatic rings. The lowest BCUT2D eigenvalue weighted by Crippen LogP contribution is -2.53. The normalized spacial score (nSPS) is 17.4. The Kier molecular flexibility index (Phi) is 12.7. The molecule has 1 aromatic heterocycles. The first kappa shape index (κ1) is 37.4. The van der Waals surface area contributed by atoms with E-state index in [1.54, 1.807) is 4.90 Å². The number of hydrogen-bond acceptors (Lipinski definition) is 6. The second-order valence-electron chi connectivity index (χ2n) is 14.5. The Labute approximate surface area is 297 Å². The average molecular weight is 773 g/mol. The third-order valence-corrected chi connectivity index (χ3v) is 9.56. The second-order valence-corrected chi connectivity index (χ2v) is 15.8. The molecule has 0 radical (unpaired) electrons. The van der Waals surface area contributed by atoms with Gasteiger partial charge in [-0.25, -0.2) is 0 Å². The van der Waals surface area contributed by atoms with Crippen LogP contribution in [0.1, 0.15) is 65.0 Å². The fourth-order valence-electron chi connectivity index (χ4n) is 6.25. The molecule has 48 heavy (non-hydrogen) atoms. The minimum absolute atomic E-state index is 0.00747. The number of carbonyl (C=O) groups is 4. The van der Waals surface area contributed by atoms with Gasteiger partial charge in [0.05, 0.1) is 32.7 Å². The van der Waals surface area contributed by atoms with E-state index in [0.717, 1.165) is 25.6 Å². The van der Waals surface area contributed by atoms with Crippen LogP contribution in [0.2, 0.25) is 0 Å². The van der Waals surface area contributed by atoms with Gasteiger partial charge < -0.3 is 30.0 Å². The maximum absolute atomic E-state index is 14.0. The molecule has 260 valence electrons. The van der Waals surface area contributed by atoms with Crippen molar-refractivity contribution in [3.63, 3.8) is 0 Å². The number of esters is 1. The van der Waals surface area contributed by atoms with Crippen LogP contribution in [0.15, 0.2) is 54.7 Å². The van der Waals surface area contributed by atoms with E-state index in [1.807, 2.05) is 89.3 Å². The Morgan fingerprint density at radius 1 is 1.02 bits per heavy atom. The topological polar surface area (TPSA) is 130 Å². The molecule has 10 nitrogen and oxygen atoms in total. The monoisotopic (exact) mass is 772 g/mol. The van der Waals surface area contributed by atoms with Crippen LogP contribution in [-0.4, -0.2) is 72.5 Å². The van der Waals surface area contributed by atoms with Crippen LogP contribution in [0.25, 0.3) is 10.9 Å². The smallest absolute Gasteiger partial charge is 0.306 e. The summed E-state index contributed by atoms with van der Waals surface area (Å²) in [4.78, 5) is 57.2. The van der Waals surface area contributed by atoms with Crippen molar-refractivity contribution in [3.05, 3.63) is 69.4 Å². The first-order valence-electron chi connectivity index (χ1n) is 16.5. The highest BCUT2D eigenvalue weighted by Crippen LogP contribution is 2.32. The van der Waals surface area contributed by atoms with Gasteiger partial charge in [0.15, 0.2) is 0 Å². The van der Waals surface area contributed by atoms with E-state index >= 15 is 0 Å². The number of aromatic amines is 1. The van der Waals surface area contributed by atoms with Crippen molar-refractivity contribution < 1.29 is 28.7 Å². The molecule has 2 heterocycles. The third-order valence-electron chi connectivity index (χ3n) is 8.84. The van der Waals surface area contributed by atoms with Gasteiger partial charge in [-0.3, -0.25) is 19.2 Å². The maximum Gasteiger partial charge on any atom is 0.306 e. The zero-order valence-electron chi connectivity index (χ0n) is 28.9. The number of hydrogen-bond donors (Lipinski definition) is 3. The van der Waals surface area contributed by atoms with Crippen molar-refractivity contribution in [2.45, 2.75) is 78.9 Å². The van der Waals surface area contributed by atoms with Crippen LogP contribution in [0, 0.1) is 20.3 Å². The number of likely N-dealkylation sites (tertiary alicyclic amines) is 1. The highest BCUT2D eigenvalue weighted by atomic mass is 127. The molecule has 1 fully saturated rings. The van der Waals surface area contributed by atoms with Gasteiger partial charge in [0.1, 0.15) is 6.04 Å². The molecule has 1 saturated heterocycles. The van der Waals surface area contributed by atoms with Crippen molar-refractivity contribution in [3.8, 4) is 0 Å². The van der Waals surface area contributed by atoms with Crippen LogP contribution < -0.4 is 10.6 Å². The number of carbonyl (C=O) groups excluding carboxylic acids is 4. The average Bonchev–Trinajstić information content (AvgIpc) is 3.56. The molecular weight excluding hydrogens is 723 g/mol. The lowest BCUT2D eigenvalue weighted by atomic mass is 9.89. The van der Waals surface area contributed by atoms with Crippen molar-refractivity contribution >= 4 is 57.2 Å². The van der Waals surface area contributed by atoms with E-state index in [1.165, 1.54) is 7.11 Å². The molecule has 4 rings (SSSR count). The maximum atomic E-state index is 14.0. The number of amides is 3. The molecule has 1 aliphatic rings. The number of rotatable bonds is 16. The van der Waals surface area contributed by atoms with E-state index in [0.29, 0.717) is 45.6 Å². The van der Waals surface area contributed by atoms with Crippen molar-refractivity contribution in [1.82, 2.24) is 20.5 Å². The fourth-order valence-corrected chi connectivity index (χ4v) is 6.61. The molecule has 2 unspecified atom stereocenters. The van der Waals surface area contributed by atoms with Crippen LogP contribution >= 0.6 is 22.6 Å². The van der Waals surface area contributed by atoms with Gasteiger partial charge >= 0.3 is 5.97 Å². The molecule has 1 aliphatic heterocycles. The molecule has 2 aromatic carbocycles. The van der Waals surface area contributed by atoms with Gasteiger partial charge in [-0.05, 0) is 70.7 Å². The van der Waals surface area contributed by atoms with Crippen molar-refractivity contribution in [2.75, 3.05) is 26.9 Å². The zero-order valence-corrected chi connectivity index (χ0v) is 31.0. The summed E-state index contributed by atoms with van der Waals surface area (Å²) in [7, 11) is 1.31. The predicted molar refractivity (Wildman–Crippen MR) is 194 cm³/mol. The highest BCUT2D eigenvalue weighted by molar-refractivity contribution is 14.1. The molecule has 0 bridgehead atoms. The summed E-state index contributed by atoms with van der Waals surface area (Å²) in [6.07, 6.45) is 3.01. The largest absolute Gasteiger partial charge is 0.469 e. The summed E-state index contributed by atoms with van der Waals surface area (Å²) in [6.45, 7) is 11.5. The minimum atomic E-state index is -0.761. The summed E-state index contributed by atoms with van der Waals surface area (Å²) in [6, 6.07) is 14.9. The first-order valence-corrected chi connectivity index (χ1v) is 17.6. The van der Waals surface area contributed by atoms with Gasteiger partial charge in [0.2, 0.25) is 17.7 Å². The van der Waals surface area contributed by atoms with E-state index in [4.69, 9.17) is 9.47 Å². The summed E-state index contributed by atoms with van der Waals surface area (Å²) >= 11 is 2.26. The number of H-pyrrole nitrogens is 1. The number of para-hydroxylation sites is 1. The van der Waals surface area contributed by atoms with Gasteiger partial charge in [-0.2, -0.15) is 0 Å². The van der Waals surface area contributed by atoms with Gasteiger partial charge in [0.25, 0.3) is 0 Å². The summed E-state index contributed by atoms with van der Waals surface area (Å²) < 4.78 is 12.1. The van der Waals surface area contributed by atoms with Gasteiger partial charge in [0, 0.05) is 58.1 Å². The number of ether oxygens (including phenoxy) is 2. The Balaban J connectivity index is 1.35. The zero-order chi connectivity index (χ0) is 35.1.